The van der Waals surface area contributed by atoms with Gasteiger partial charge in [0, 0.05) is 0 Å². The highest BCUT2D eigenvalue weighted by Gasteiger charge is 1.97. The zero-order chi connectivity index (χ0) is 18.6. The normalized spacial score (nSPS) is 12.8. The van der Waals surface area contributed by atoms with E-state index >= 15 is 0 Å². The lowest BCUT2D eigenvalue weighted by atomic mass is 10.1. The van der Waals surface area contributed by atoms with E-state index in [1.54, 1.807) is 12.2 Å². The van der Waals surface area contributed by atoms with Gasteiger partial charge < -0.3 is 19.3 Å². The first-order valence-corrected chi connectivity index (χ1v) is 9.46. The zero-order valence-electron chi connectivity index (χ0n) is 14.4. The number of hydrogen-bond donors (Lipinski definition) is 2. The first-order chi connectivity index (χ1) is 12.7. The molecule has 0 saturated heterocycles. The fourth-order valence-corrected chi connectivity index (χ4v) is 2.78. The summed E-state index contributed by atoms with van der Waals surface area (Å²) in [5.41, 5.74) is 3.55. The molecule has 0 atom stereocenters. The number of benzene rings is 2. The van der Waals surface area contributed by atoms with E-state index in [0.29, 0.717) is 0 Å². The van der Waals surface area contributed by atoms with Gasteiger partial charge in [-0.05, 0) is 34.4 Å². The van der Waals surface area contributed by atoms with Crippen molar-refractivity contribution in [1.82, 2.24) is 0 Å². The molecule has 138 valence electrons. The van der Waals surface area contributed by atoms with Crippen LogP contribution in [-0.4, -0.2) is 23.4 Å². The molecule has 6 heteroatoms. The summed E-state index contributed by atoms with van der Waals surface area (Å²) in [5, 5.41) is 18.2. The summed E-state index contributed by atoms with van der Waals surface area (Å²) in [6.07, 6.45) is 7.17. The molecule has 0 fully saturated rings. The SMILES string of the molecule is O=[PH](OCC=Cc1cccc(CO)c1)OCC=Cc1cccc(CO)c1. The van der Waals surface area contributed by atoms with Crippen LogP contribution >= 0.6 is 8.25 Å². The molecule has 0 bridgehead atoms. The molecule has 26 heavy (non-hydrogen) atoms. The Morgan fingerprint density at radius 3 is 1.69 bits per heavy atom. The molecule has 0 aliphatic carbocycles. The van der Waals surface area contributed by atoms with Crippen LogP contribution in [0.4, 0.5) is 0 Å². The molecule has 0 amide bonds. The Hall–Kier alpha value is -2.01. The Morgan fingerprint density at radius 1 is 0.808 bits per heavy atom. The molecule has 0 unspecified atom stereocenters. The predicted octanol–water partition coefficient (Wildman–Crippen LogP) is 3.82. The quantitative estimate of drug-likeness (QED) is 0.619. The molecule has 2 aromatic carbocycles. The molecular formula is C20H23O5P. The number of aliphatic hydroxyl groups excluding tert-OH is 2. The fraction of sp³-hybridized carbons (Fsp3) is 0.200. The Kier molecular flexibility index (Phi) is 9.04. The lowest BCUT2D eigenvalue weighted by molar-refractivity contribution is 0.261. The summed E-state index contributed by atoms with van der Waals surface area (Å²) in [6, 6.07) is 15.0. The van der Waals surface area contributed by atoms with E-state index < -0.39 is 8.25 Å². The van der Waals surface area contributed by atoms with Gasteiger partial charge in [-0.15, -0.1) is 0 Å². The Labute approximate surface area is 154 Å². The Bertz CT molecular complexity index is 707. The summed E-state index contributed by atoms with van der Waals surface area (Å²) in [4.78, 5) is 0. The van der Waals surface area contributed by atoms with Crippen LogP contribution in [0.25, 0.3) is 12.2 Å². The summed E-state index contributed by atoms with van der Waals surface area (Å²) >= 11 is 0. The summed E-state index contributed by atoms with van der Waals surface area (Å²) in [5.74, 6) is 0. The van der Waals surface area contributed by atoms with E-state index in [-0.39, 0.29) is 26.4 Å². The van der Waals surface area contributed by atoms with Crippen LogP contribution in [-0.2, 0) is 26.8 Å². The molecule has 0 heterocycles. The van der Waals surface area contributed by atoms with E-state index in [9.17, 15) is 4.57 Å². The predicted molar refractivity (Wildman–Crippen MR) is 104 cm³/mol. The smallest absolute Gasteiger partial charge is 0.319 e. The zero-order valence-corrected chi connectivity index (χ0v) is 15.4. The van der Waals surface area contributed by atoms with Gasteiger partial charge in [0.2, 0.25) is 0 Å². The average molecular weight is 374 g/mol. The third-order valence-corrected chi connectivity index (χ3v) is 4.29. The Balaban J connectivity index is 1.68. The monoisotopic (exact) mass is 374 g/mol. The second-order valence-corrected chi connectivity index (χ2v) is 6.56. The van der Waals surface area contributed by atoms with Crippen LogP contribution in [0.15, 0.2) is 60.7 Å². The number of aliphatic hydroxyl groups is 2. The van der Waals surface area contributed by atoms with Crippen molar-refractivity contribution in [2.75, 3.05) is 13.2 Å². The summed E-state index contributed by atoms with van der Waals surface area (Å²) in [7, 11) is -2.56. The standard InChI is InChI=1S/C20H23O5P/c21-15-19-7-1-5-17(13-19)9-3-11-24-26(23)25-12-4-10-18-6-2-8-20(14-18)16-22/h1-10,13-14,21-22,26H,11-12,15-16H2. The van der Waals surface area contributed by atoms with Crippen molar-refractivity contribution in [3.8, 4) is 0 Å². The van der Waals surface area contributed by atoms with Gasteiger partial charge in [0.05, 0.1) is 26.4 Å². The maximum absolute atomic E-state index is 11.7. The van der Waals surface area contributed by atoms with Gasteiger partial charge >= 0.3 is 8.25 Å². The van der Waals surface area contributed by atoms with E-state index in [1.165, 1.54) is 0 Å². The van der Waals surface area contributed by atoms with Gasteiger partial charge in [-0.2, -0.15) is 0 Å². The van der Waals surface area contributed by atoms with Gasteiger partial charge in [0.25, 0.3) is 0 Å². The molecule has 0 saturated carbocycles. The maximum Gasteiger partial charge on any atom is 0.319 e. The van der Waals surface area contributed by atoms with Crippen LogP contribution in [0.3, 0.4) is 0 Å². The Morgan fingerprint density at radius 2 is 1.27 bits per heavy atom. The molecule has 2 aromatic rings. The third-order valence-electron chi connectivity index (χ3n) is 3.48. The van der Waals surface area contributed by atoms with E-state index in [4.69, 9.17) is 19.3 Å². The molecule has 0 aliphatic heterocycles. The van der Waals surface area contributed by atoms with Crippen molar-refractivity contribution < 1.29 is 23.8 Å². The van der Waals surface area contributed by atoms with E-state index in [1.807, 2.05) is 60.7 Å². The largest absolute Gasteiger partial charge is 0.392 e. The molecule has 2 rings (SSSR count). The summed E-state index contributed by atoms with van der Waals surface area (Å²) in [6.45, 7) is 0.363. The van der Waals surface area contributed by atoms with Gasteiger partial charge in [-0.25, -0.2) is 0 Å². The van der Waals surface area contributed by atoms with Gasteiger partial charge in [-0.1, -0.05) is 60.7 Å². The van der Waals surface area contributed by atoms with Crippen LogP contribution in [0.2, 0.25) is 0 Å². The topological polar surface area (TPSA) is 76.0 Å². The minimum Gasteiger partial charge on any atom is -0.392 e. The molecular weight excluding hydrogens is 351 g/mol. The first-order valence-electron chi connectivity index (χ1n) is 8.23. The molecule has 0 spiro atoms. The molecule has 0 aromatic heterocycles. The van der Waals surface area contributed by atoms with Crippen molar-refractivity contribution >= 4 is 20.4 Å². The minimum atomic E-state index is -2.56. The number of hydrogen-bond acceptors (Lipinski definition) is 5. The van der Waals surface area contributed by atoms with E-state index in [2.05, 4.69) is 0 Å². The van der Waals surface area contributed by atoms with Crippen molar-refractivity contribution in [3.63, 3.8) is 0 Å². The third kappa shape index (κ3) is 7.48. The molecule has 0 aliphatic rings. The second-order valence-electron chi connectivity index (χ2n) is 5.48. The first kappa shape index (κ1) is 20.3. The average Bonchev–Trinajstić information content (AvgIpc) is 2.69. The highest BCUT2D eigenvalue weighted by atomic mass is 31.1. The van der Waals surface area contributed by atoms with Gasteiger partial charge in [0.15, 0.2) is 0 Å². The van der Waals surface area contributed by atoms with Gasteiger partial charge in [-0.3, -0.25) is 4.57 Å². The van der Waals surface area contributed by atoms with E-state index in [0.717, 1.165) is 22.3 Å². The molecule has 5 nitrogen and oxygen atoms in total. The second kappa shape index (κ2) is 11.6. The van der Waals surface area contributed by atoms with Crippen LogP contribution in [0, 0.1) is 0 Å². The van der Waals surface area contributed by atoms with Crippen molar-refractivity contribution in [1.29, 1.82) is 0 Å². The fourth-order valence-electron chi connectivity index (χ4n) is 2.23. The van der Waals surface area contributed by atoms with Crippen LogP contribution in [0.5, 0.6) is 0 Å². The highest BCUT2D eigenvalue weighted by molar-refractivity contribution is 7.33. The molecule has 2 N–H and O–H groups in total. The van der Waals surface area contributed by atoms with Crippen molar-refractivity contribution in [2.45, 2.75) is 13.2 Å². The van der Waals surface area contributed by atoms with Crippen LogP contribution < -0.4 is 0 Å². The lowest BCUT2D eigenvalue weighted by Gasteiger charge is -2.02. The lowest BCUT2D eigenvalue weighted by Crippen LogP contribution is -1.87. The highest BCUT2D eigenvalue weighted by Crippen LogP contribution is 2.23. The van der Waals surface area contributed by atoms with Gasteiger partial charge in [0.1, 0.15) is 0 Å². The maximum atomic E-state index is 11.7. The number of rotatable bonds is 10. The minimum absolute atomic E-state index is 0.00244. The molecule has 0 radical (unpaired) electrons. The van der Waals surface area contributed by atoms with Crippen molar-refractivity contribution in [3.05, 3.63) is 82.9 Å². The van der Waals surface area contributed by atoms with Crippen molar-refractivity contribution in [2.24, 2.45) is 0 Å². The summed E-state index contributed by atoms with van der Waals surface area (Å²) < 4.78 is 21.9. The van der Waals surface area contributed by atoms with Crippen LogP contribution in [0.1, 0.15) is 22.3 Å².